The molecule has 0 amide bonds. The molecule has 124 valence electrons. The minimum absolute atomic E-state index is 0.0902. The molecule has 0 unspecified atom stereocenters. The number of nitrogens with zero attached hydrogens (tertiary/aromatic N) is 3. The van der Waals surface area contributed by atoms with Crippen LogP contribution in [-0.4, -0.2) is 21.6 Å². The molecule has 6 nitrogen and oxygen atoms in total. The summed E-state index contributed by atoms with van der Waals surface area (Å²) in [5.74, 6) is -0.735. The predicted octanol–water partition coefficient (Wildman–Crippen LogP) is 2.46. The third-order valence-corrected chi connectivity index (χ3v) is 3.37. The molecule has 1 heterocycles. The third kappa shape index (κ3) is 3.50. The molecule has 7 heteroatoms. The number of carbonyl (C=O) groups is 1. The van der Waals surface area contributed by atoms with Crippen molar-refractivity contribution in [1.29, 1.82) is 0 Å². The van der Waals surface area contributed by atoms with Crippen LogP contribution in [0.15, 0.2) is 65.8 Å². The van der Waals surface area contributed by atoms with E-state index in [9.17, 15) is 9.18 Å². The number of aromatic nitrogens is 2. The Morgan fingerprint density at radius 2 is 1.92 bits per heavy atom. The summed E-state index contributed by atoms with van der Waals surface area (Å²) in [6.45, 7) is 0. The third-order valence-electron chi connectivity index (χ3n) is 3.37. The van der Waals surface area contributed by atoms with Gasteiger partial charge in [-0.05, 0) is 36.5 Å². The van der Waals surface area contributed by atoms with Crippen molar-refractivity contribution in [2.24, 2.45) is 16.5 Å². The molecule has 3 rings (SSSR count). The zero-order valence-electron chi connectivity index (χ0n) is 13.1. The van der Waals surface area contributed by atoms with Crippen LogP contribution in [0.2, 0.25) is 0 Å². The first kappa shape index (κ1) is 16.3. The van der Waals surface area contributed by atoms with Crippen LogP contribution in [0, 0.1) is 5.82 Å². The van der Waals surface area contributed by atoms with Gasteiger partial charge >= 0.3 is 0 Å². The number of benzene rings is 2. The standard InChI is InChI=1S/C18H14FN5O/c19-12-5-3-4-11(10-12)16(25)18-22-14-7-2-1-6-13(14)17(24-18)23-15(21)8-9-20/h1-10H,20H2,(H2,21,22,23,24)/b9-8-. The first-order valence-electron chi connectivity index (χ1n) is 7.38. The van der Waals surface area contributed by atoms with Crippen LogP contribution in [0.25, 0.3) is 10.9 Å². The van der Waals surface area contributed by atoms with Crippen molar-refractivity contribution in [2.45, 2.75) is 0 Å². The fourth-order valence-corrected chi connectivity index (χ4v) is 2.26. The molecule has 0 saturated heterocycles. The molecular formula is C18H14FN5O. The normalized spacial score (nSPS) is 12.0. The monoisotopic (exact) mass is 335 g/mol. The van der Waals surface area contributed by atoms with Gasteiger partial charge in [0.05, 0.1) is 5.52 Å². The largest absolute Gasteiger partial charge is 0.404 e. The lowest BCUT2D eigenvalue weighted by atomic mass is 10.1. The van der Waals surface area contributed by atoms with Crippen molar-refractivity contribution >= 4 is 28.3 Å². The van der Waals surface area contributed by atoms with Crippen molar-refractivity contribution in [1.82, 2.24) is 9.97 Å². The van der Waals surface area contributed by atoms with E-state index in [4.69, 9.17) is 11.5 Å². The summed E-state index contributed by atoms with van der Waals surface area (Å²) < 4.78 is 13.4. The molecule has 0 aliphatic rings. The van der Waals surface area contributed by atoms with Crippen LogP contribution < -0.4 is 11.5 Å². The fraction of sp³-hybridized carbons (Fsp3) is 0. The Hall–Kier alpha value is -3.61. The number of hydrogen-bond donors (Lipinski definition) is 2. The lowest BCUT2D eigenvalue weighted by Gasteiger charge is -2.06. The molecule has 0 aliphatic carbocycles. The van der Waals surface area contributed by atoms with E-state index < -0.39 is 11.6 Å². The van der Waals surface area contributed by atoms with E-state index in [-0.39, 0.29) is 23.0 Å². The van der Waals surface area contributed by atoms with Crippen LogP contribution in [0.4, 0.5) is 10.2 Å². The van der Waals surface area contributed by atoms with Crippen LogP contribution in [0.1, 0.15) is 16.2 Å². The molecular weight excluding hydrogens is 321 g/mol. The number of ketones is 1. The Morgan fingerprint density at radius 3 is 2.68 bits per heavy atom. The SMILES string of the molecule is N/C=C\C(N)=Nc1nc(C(=O)c2cccc(F)c2)nc2ccccc12. The van der Waals surface area contributed by atoms with E-state index >= 15 is 0 Å². The van der Waals surface area contributed by atoms with Gasteiger partial charge in [-0.3, -0.25) is 4.79 Å². The average Bonchev–Trinajstić information content (AvgIpc) is 2.61. The molecule has 0 aliphatic heterocycles. The van der Waals surface area contributed by atoms with Gasteiger partial charge in [0.1, 0.15) is 11.7 Å². The van der Waals surface area contributed by atoms with Gasteiger partial charge in [-0.1, -0.05) is 24.3 Å². The van der Waals surface area contributed by atoms with Gasteiger partial charge in [0.25, 0.3) is 0 Å². The van der Waals surface area contributed by atoms with E-state index in [0.717, 1.165) is 6.07 Å². The van der Waals surface area contributed by atoms with Gasteiger partial charge in [-0.2, -0.15) is 0 Å². The molecule has 25 heavy (non-hydrogen) atoms. The Labute approximate surface area is 142 Å². The Balaban J connectivity index is 2.16. The molecule has 0 spiro atoms. The minimum atomic E-state index is -0.512. The summed E-state index contributed by atoms with van der Waals surface area (Å²) in [7, 11) is 0. The van der Waals surface area contributed by atoms with Gasteiger partial charge in [-0.25, -0.2) is 19.4 Å². The van der Waals surface area contributed by atoms with Crippen molar-refractivity contribution in [3.05, 3.63) is 78.0 Å². The summed E-state index contributed by atoms with van der Waals surface area (Å²) >= 11 is 0. The summed E-state index contributed by atoms with van der Waals surface area (Å²) in [4.78, 5) is 25.2. The van der Waals surface area contributed by atoms with Crippen LogP contribution in [0.3, 0.4) is 0 Å². The van der Waals surface area contributed by atoms with Crippen LogP contribution in [0.5, 0.6) is 0 Å². The van der Waals surface area contributed by atoms with Gasteiger partial charge in [0.15, 0.2) is 5.82 Å². The van der Waals surface area contributed by atoms with Crippen molar-refractivity contribution in [2.75, 3.05) is 0 Å². The number of fused-ring (bicyclic) bond motifs is 1. The van der Waals surface area contributed by atoms with E-state index in [1.54, 1.807) is 24.3 Å². The number of hydrogen-bond acceptors (Lipinski definition) is 5. The summed E-state index contributed by atoms with van der Waals surface area (Å²) in [6.07, 6.45) is 2.66. The second-order valence-corrected chi connectivity index (χ2v) is 5.12. The maximum atomic E-state index is 13.4. The molecule has 4 N–H and O–H groups in total. The Morgan fingerprint density at radius 1 is 1.12 bits per heavy atom. The Bertz CT molecular complexity index is 1010. The number of carbonyl (C=O) groups excluding carboxylic acids is 1. The molecule has 0 bridgehead atoms. The number of rotatable bonds is 4. The molecule has 3 aromatic rings. The summed E-state index contributed by atoms with van der Waals surface area (Å²) in [6, 6.07) is 12.4. The maximum Gasteiger partial charge on any atom is 0.230 e. The highest BCUT2D eigenvalue weighted by Crippen LogP contribution is 2.23. The molecule has 0 radical (unpaired) electrons. The molecule has 1 aromatic heterocycles. The highest BCUT2D eigenvalue weighted by atomic mass is 19.1. The minimum Gasteiger partial charge on any atom is -0.404 e. The lowest BCUT2D eigenvalue weighted by molar-refractivity contribution is 0.102. The topological polar surface area (TPSA) is 107 Å². The number of aliphatic imine (C=N–C) groups is 1. The smallest absolute Gasteiger partial charge is 0.230 e. The van der Waals surface area contributed by atoms with Crippen molar-refractivity contribution in [3.8, 4) is 0 Å². The highest BCUT2D eigenvalue weighted by Gasteiger charge is 2.16. The van der Waals surface area contributed by atoms with E-state index in [1.165, 1.54) is 30.5 Å². The predicted molar refractivity (Wildman–Crippen MR) is 94.0 cm³/mol. The first-order valence-corrected chi connectivity index (χ1v) is 7.38. The summed E-state index contributed by atoms with van der Waals surface area (Å²) in [5, 5.41) is 0.631. The quantitative estimate of drug-likeness (QED) is 0.433. The van der Waals surface area contributed by atoms with Crippen molar-refractivity contribution < 1.29 is 9.18 Å². The summed E-state index contributed by atoms with van der Waals surface area (Å²) in [5.41, 5.74) is 11.7. The van der Waals surface area contributed by atoms with Crippen LogP contribution in [-0.2, 0) is 0 Å². The van der Waals surface area contributed by atoms with Crippen LogP contribution >= 0.6 is 0 Å². The molecule has 2 aromatic carbocycles. The molecule has 0 fully saturated rings. The van der Waals surface area contributed by atoms with Gasteiger partial charge in [0, 0.05) is 10.9 Å². The second kappa shape index (κ2) is 6.88. The number of nitrogens with two attached hydrogens (primary N) is 2. The zero-order valence-corrected chi connectivity index (χ0v) is 13.1. The number of halogens is 1. The van der Waals surface area contributed by atoms with Crippen molar-refractivity contribution in [3.63, 3.8) is 0 Å². The molecule has 0 saturated carbocycles. The average molecular weight is 335 g/mol. The first-order chi connectivity index (χ1) is 12.1. The van der Waals surface area contributed by atoms with Gasteiger partial charge < -0.3 is 11.5 Å². The van der Waals surface area contributed by atoms with E-state index in [1.807, 2.05) is 0 Å². The highest BCUT2D eigenvalue weighted by molar-refractivity contribution is 6.08. The molecule has 0 atom stereocenters. The Kier molecular flexibility index (Phi) is 4.47. The van der Waals surface area contributed by atoms with E-state index in [0.29, 0.717) is 10.9 Å². The maximum absolute atomic E-state index is 13.4. The van der Waals surface area contributed by atoms with Gasteiger partial charge in [-0.15, -0.1) is 0 Å². The fourth-order valence-electron chi connectivity index (χ4n) is 2.26. The number of amidine groups is 1. The van der Waals surface area contributed by atoms with E-state index in [2.05, 4.69) is 15.0 Å². The van der Waals surface area contributed by atoms with Gasteiger partial charge in [0.2, 0.25) is 11.6 Å². The zero-order chi connectivity index (χ0) is 17.8. The number of para-hydroxylation sites is 1. The lowest BCUT2D eigenvalue weighted by Crippen LogP contribution is -2.10. The second-order valence-electron chi connectivity index (χ2n) is 5.12.